The minimum absolute atomic E-state index is 0.0106. The summed E-state index contributed by atoms with van der Waals surface area (Å²) in [5.74, 6) is 0.141. The summed E-state index contributed by atoms with van der Waals surface area (Å²) in [6.45, 7) is 1.65. The molecule has 2 aromatic carbocycles. The zero-order valence-electron chi connectivity index (χ0n) is 12.9. The van der Waals surface area contributed by atoms with Gasteiger partial charge in [0.05, 0.1) is 5.56 Å². The van der Waals surface area contributed by atoms with Crippen molar-refractivity contribution in [1.82, 2.24) is 0 Å². The first-order valence-corrected chi connectivity index (χ1v) is 7.57. The van der Waals surface area contributed by atoms with E-state index in [1.54, 1.807) is 6.92 Å². The molecule has 0 radical (unpaired) electrons. The van der Waals surface area contributed by atoms with Crippen LogP contribution in [0, 0.1) is 6.92 Å². The van der Waals surface area contributed by atoms with E-state index in [1.165, 1.54) is 6.07 Å². The minimum Gasteiger partial charge on any atom is -0.507 e. The molecule has 0 aliphatic rings. The van der Waals surface area contributed by atoms with Crippen molar-refractivity contribution in [2.45, 2.75) is 19.3 Å². The van der Waals surface area contributed by atoms with Crippen molar-refractivity contribution in [2.24, 2.45) is 0 Å². The highest BCUT2D eigenvalue weighted by Crippen LogP contribution is 2.32. The van der Waals surface area contributed by atoms with Crippen LogP contribution in [0.1, 0.15) is 28.4 Å². The molecule has 0 amide bonds. The molecular weight excluding hydrogens is 288 g/mol. The quantitative estimate of drug-likeness (QED) is 0.791. The van der Waals surface area contributed by atoms with Crippen LogP contribution in [0.5, 0.6) is 5.75 Å². The highest BCUT2D eigenvalue weighted by atomic mass is 16.4. The Morgan fingerprint density at radius 3 is 2.22 bits per heavy atom. The zero-order chi connectivity index (χ0) is 16.2. The Labute approximate surface area is 134 Å². The standard InChI is InChI=1S/C20H18O3/c1-14-12-18(21)19(20(22)23-14)17(16-10-6-3-7-11-16)13-15-8-4-2-5-9-15/h2-12,17,21H,13H2,1H3. The Balaban J connectivity index is 2.11. The molecule has 3 rings (SSSR count). The molecule has 0 bridgehead atoms. The Morgan fingerprint density at radius 2 is 1.61 bits per heavy atom. The SMILES string of the molecule is Cc1cc(O)c(C(Cc2ccccc2)c2ccccc2)c(=O)o1. The van der Waals surface area contributed by atoms with Gasteiger partial charge < -0.3 is 9.52 Å². The largest absolute Gasteiger partial charge is 0.507 e. The van der Waals surface area contributed by atoms with Crippen molar-refractivity contribution in [1.29, 1.82) is 0 Å². The molecule has 1 N–H and O–H groups in total. The van der Waals surface area contributed by atoms with Crippen LogP contribution < -0.4 is 5.63 Å². The van der Waals surface area contributed by atoms with E-state index in [9.17, 15) is 9.90 Å². The first kappa shape index (κ1) is 15.1. The van der Waals surface area contributed by atoms with Crippen molar-refractivity contribution in [2.75, 3.05) is 0 Å². The summed E-state index contributed by atoms with van der Waals surface area (Å²) in [6.07, 6.45) is 0.617. The van der Waals surface area contributed by atoms with Gasteiger partial charge in [0, 0.05) is 12.0 Å². The van der Waals surface area contributed by atoms with Gasteiger partial charge in [0.2, 0.25) is 0 Å². The van der Waals surface area contributed by atoms with E-state index < -0.39 is 5.63 Å². The van der Waals surface area contributed by atoms with Gasteiger partial charge in [0.1, 0.15) is 11.5 Å². The number of rotatable bonds is 4. The molecule has 0 spiro atoms. The van der Waals surface area contributed by atoms with Crippen LogP contribution in [0.4, 0.5) is 0 Å². The normalized spacial score (nSPS) is 12.0. The molecule has 0 fully saturated rings. The van der Waals surface area contributed by atoms with Gasteiger partial charge in [-0.05, 0) is 24.5 Å². The maximum Gasteiger partial charge on any atom is 0.343 e. The number of hydrogen-bond acceptors (Lipinski definition) is 3. The van der Waals surface area contributed by atoms with E-state index in [1.807, 2.05) is 60.7 Å². The summed E-state index contributed by atoms with van der Waals surface area (Å²) in [4.78, 5) is 12.3. The van der Waals surface area contributed by atoms with Crippen LogP contribution in [-0.2, 0) is 6.42 Å². The molecule has 23 heavy (non-hydrogen) atoms. The highest BCUT2D eigenvalue weighted by Gasteiger charge is 2.23. The summed E-state index contributed by atoms with van der Waals surface area (Å²) >= 11 is 0. The fourth-order valence-electron chi connectivity index (χ4n) is 2.85. The lowest BCUT2D eigenvalue weighted by Crippen LogP contribution is -2.16. The molecule has 1 atom stereocenters. The van der Waals surface area contributed by atoms with Gasteiger partial charge in [-0.2, -0.15) is 0 Å². The Hall–Kier alpha value is -2.81. The molecule has 1 aromatic heterocycles. The van der Waals surface area contributed by atoms with E-state index in [0.717, 1.165) is 11.1 Å². The van der Waals surface area contributed by atoms with Crippen molar-refractivity contribution < 1.29 is 9.52 Å². The van der Waals surface area contributed by atoms with Gasteiger partial charge in [-0.1, -0.05) is 60.7 Å². The Bertz CT molecular complexity index is 836. The van der Waals surface area contributed by atoms with Crippen molar-refractivity contribution in [3.05, 3.63) is 99.6 Å². The van der Waals surface area contributed by atoms with Crippen LogP contribution in [-0.4, -0.2) is 5.11 Å². The lowest BCUT2D eigenvalue weighted by molar-refractivity contribution is 0.417. The monoisotopic (exact) mass is 306 g/mol. The molecule has 3 aromatic rings. The predicted octanol–water partition coefficient (Wildman–Crippen LogP) is 4.03. The molecule has 1 unspecified atom stereocenters. The molecule has 0 saturated carbocycles. The number of aromatic hydroxyl groups is 1. The Kier molecular flexibility index (Phi) is 4.29. The van der Waals surface area contributed by atoms with E-state index in [-0.39, 0.29) is 11.7 Å². The van der Waals surface area contributed by atoms with Gasteiger partial charge in [0.15, 0.2) is 0 Å². The molecule has 3 nitrogen and oxygen atoms in total. The second kappa shape index (κ2) is 6.53. The molecule has 0 aliphatic heterocycles. The van der Waals surface area contributed by atoms with Crippen LogP contribution in [0.15, 0.2) is 75.9 Å². The summed E-state index contributed by atoms with van der Waals surface area (Å²) in [7, 11) is 0. The van der Waals surface area contributed by atoms with Gasteiger partial charge in [-0.25, -0.2) is 4.79 Å². The van der Waals surface area contributed by atoms with Crippen LogP contribution in [0.25, 0.3) is 0 Å². The third-order valence-electron chi connectivity index (χ3n) is 3.92. The van der Waals surface area contributed by atoms with Crippen molar-refractivity contribution in [3.63, 3.8) is 0 Å². The maximum absolute atomic E-state index is 12.3. The third kappa shape index (κ3) is 3.34. The van der Waals surface area contributed by atoms with Crippen LogP contribution in [0.2, 0.25) is 0 Å². The van der Waals surface area contributed by atoms with Gasteiger partial charge in [-0.3, -0.25) is 0 Å². The lowest BCUT2D eigenvalue weighted by Gasteiger charge is -2.18. The fourth-order valence-corrected chi connectivity index (χ4v) is 2.85. The number of benzene rings is 2. The lowest BCUT2D eigenvalue weighted by atomic mass is 9.86. The van der Waals surface area contributed by atoms with Gasteiger partial charge >= 0.3 is 5.63 Å². The first-order chi connectivity index (χ1) is 11.1. The van der Waals surface area contributed by atoms with Crippen molar-refractivity contribution >= 4 is 0 Å². The summed E-state index contributed by atoms with van der Waals surface area (Å²) in [5, 5.41) is 10.3. The highest BCUT2D eigenvalue weighted by molar-refractivity contribution is 5.41. The topological polar surface area (TPSA) is 50.4 Å². The summed E-state index contributed by atoms with van der Waals surface area (Å²) in [6, 6.07) is 21.1. The molecule has 0 saturated heterocycles. The van der Waals surface area contributed by atoms with Crippen LogP contribution >= 0.6 is 0 Å². The zero-order valence-corrected chi connectivity index (χ0v) is 12.9. The number of hydrogen-bond donors (Lipinski definition) is 1. The third-order valence-corrected chi connectivity index (χ3v) is 3.92. The smallest absolute Gasteiger partial charge is 0.343 e. The fraction of sp³-hybridized carbons (Fsp3) is 0.150. The average molecular weight is 306 g/mol. The van der Waals surface area contributed by atoms with Crippen molar-refractivity contribution in [3.8, 4) is 5.75 Å². The second-order valence-electron chi connectivity index (χ2n) is 5.60. The van der Waals surface area contributed by atoms with E-state index in [4.69, 9.17) is 4.42 Å². The molecule has 1 heterocycles. The summed E-state index contributed by atoms with van der Waals surface area (Å²) in [5.41, 5.74) is 1.90. The maximum atomic E-state index is 12.3. The summed E-state index contributed by atoms with van der Waals surface area (Å²) < 4.78 is 5.21. The van der Waals surface area contributed by atoms with Gasteiger partial charge in [0.25, 0.3) is 0 Å². The average Bonchev–Trinajstić information content (AvgIpc) is 2.55. The second-order valence-corrected chi connectivity index (χ2v) is 5.60. The molecule has 3 heteroatoms. The van der Waals surface area contributed by atoms with E-state index >= 15 is 0 Å². The van der Waals surface area contributed by atoms with Gasteiger partial charge in [-0.15, -0.1) is 0 Å². The number of aryl methyl sites for hydroxylation is 1. The van der Waals surface area contributed by atoms with E-state index in [0.29, 0.717) is 17.7 Å². The van der Waals surface area contributed by atoms with Crippen LogP contribution in [0.3, 0.4) is 0 Å². The molecule has 0 aliphatic carbocycles. The molecule has 116 valence electrons. The first-order valence-electron chi connectivity index (χ1n) is 7.57. The Morgan fingerprint density at radius 1 is 1.00 bits per heavy atom. The minimum atomic E-state index is -0.479. The van der Waals surface area contributed by atoms with E-state index in [2.05, 4.69) is 0 Å². The molecular formula is C20H18O3. The predicted molar refractivity (Wildman–Crippen MR) is 89.8 cm³/mol.